The minimum absolute atomic E-state index is 0.275. The highest BCUT2D eigenvalue weighted by Gasteiger charge is 2.30. The van der Waals surface area contributed by atoms with E-state index in [1.54, 1.807) is 0 Å². The molecule has 25 heavy (non-hydrogen) atoms. The number of hydrogen-bond donors (Lipinski definition) is 0. The van der Waals surface area contributed by atoms with Gasteiger partial charge in [0.25, 0.3) is 0 Å². The number of fused-ring (bicyclic) bond motifs is 4. The van der Waals surface area contributed by atoms with Crippen molar-refractivity contribution in [3.63, 3.8) is 0 Å². The Bertz CT molecular complexity index is 988. The van der Waals surface area contributed by atoms with Crippen LogP contribution in [-0.2, 0) is 11.2 Å². The van der Waals surface area contributed by atoms with Crippen molar-refractivity contribution in [1.82, 2.24) is 4.40 Å². The number of benzene rings is 1. The highest BCUT2D eigenvalue weighted by molar-refractivity contribution is 6.08. The maximum absolute atomic E-state index is 12.7. The van der Waals surface area contributed by atoms with E-state index in [-0.39, 0.29) is 5.97 Å². The second-order valence-electron chi connectivity index (χ2n) is 6.86. The third kappa shape index (κ3) is 2.18. The van der Waals surface area contributed by atoms with E-state index in [4.69, 9.17) is 4.74 Å². The molecule has 1 aromatic carbocycles. The number of ether oxygens (including phenoxy) is 1. The number of hydrogen-bond acceptors (Lipinski definition) is 4. The van der Waals surface area contributed by atoms with Gasteiger partial charge < -0.3 is 14.5 Å². The van der Waals surface area contributed by atoms with Crippen LogP contribution in [0.15, 0.2) is 30.3 Å². The normalized spacial score (nSPS) is 14.0. The molecule has 130 valence electrons. The molecule has 0 unspecified atom stereocenters. The number of methoxy groups -OCH3 is 1. The third-order valence-electron chi connectivity index (χ3n) is 5.09. The topological polar surface area (TPSA) is 37.2 Å². The maximum atomic E-state index is 12.7. The van der Waals surface area contributed by atoms with Crippen LogP contribution >= 0.6 is 0 Å². The van der Waals surface area contributed by atoms with Crippen molar-refractivity contribution in [2.75, 3.05) is 44.6 Å². The summed E-state index contributed by atoms with van der Waals surface area (Å²) in [4.78, 5) is 17.1. The zero-order chi connectivity index (χ0) is 17.7. The lowest BCUT2D eigenvalue weighted by Crippen LogP contribution is -2.30. The van der Waals surface area contributed by atoms with E-state index in [2.05, 4.69) is 53.5 Å². The summed E-state index contributed by atoms with van der Waals surface area (Å²) in [5, 5.41) is 1.13. The molecular formula is C20H23N3O2. The van der Waals surface area contributed by atoms with Crippen molar-refractivity contribution in [2.45, 2.75) is 12.8 Å². The Morgan fingerprint density at radius 2 is 1.96 bits per heavy atom. The fourth-order valence-electron chi connectivity index (χ4n) is 4.11. The quantitative estimate of drug-likeness (QED) is 0.672. The minimum Gasteiger partial charge on any atom is -0.465 e. The molecule has 4 rings (SSSR count). The molecule has 0 bridgehead atoms. The molecule has 0 saturated carbocycles. The van der Waals surface area contributed by atoms with Gasteiger partial charge in [0.15, 0.2) is 0 Å². The van der Waals surface area contributed by atoms with Crippen LogP contribution in [0.25, 0.3) is 16.4 Å². The fraction of sp³-hybridized carbons (Fsp3) is 0.350. The molecule has 0 atom stereocenters. The van der Waals surface area contributed by atoms with Crippen molar-refractivity contribution in [3.05, 3.63) is 41.5 Å². The van der Waals surface area contributed by atoms with Gasteiger partial charge in [0.1, 0.15) is 11.4 Å². The zero-order valence-corrected chi connectivity index (χ0v) is 15.2. The van der Waals surface area contributed by atoms with Gasteiger partial charge in [-0.1, -0.05) is 18.2 Å². The monoisotopic (exact) mass is 337 g/mol. The number of carbonyl (C=O) groups excluding carboxylic acids is 1. The predicted octanol–water partition coefficient (Wildman–Crippen LogP) is 3.33. The highest BCUT2D eigenvalue weighted by Crippen LogP contribution is 2.41. The molecule has 0 N–H and O–H groups in total. The molecule has 3 aromatic rings. The second-order valence-corrected chi connectivity index (χ2v) is 6.86. The van der Waals surface area contributed by atoms with E-state index < -0.39 is 0 Å². The van der Waals surface area contributed by atoms with Crippen LogP contribution in [0.2, 0.25) is 0 Å². The van der Waals surface area contributed by atoms with Gasteiger partial charge in [-0.25, -0.2) is 4.79 Å². The number of anilines is 2. The number of carbonyl (C=O) groups is 1. The van der Waals surface area contributed by atoms with E-state index in [9.17, 15) is 4.79 Å². The Hall–Kier alpha value is -2.69. The molecular weight excluding hydrogens is 314 g/mol. The van der Waals surface area contributed by atoms with Gasteiger partial charge in [0, 0.05) is 38.6 Å². The molecule has 2 aromatic heterocycles. The van der Waals surface area contributed by atoms with Crippen molar-refractivity contribution in [2.24, 2.45) is 0 Å². The van der Waals surface area contributed by atoms with Gasteiger partial charge in [-0.05, 0) is 25.0 Å². The van der Waals surface area contributed by atoms with Gasteiger partial charge in [-0.15, -0.1) is 0 Å². The predicted molar refractivity (Wildman–Crippen MR) is 102 cm³/mol. The maximum Gasteiger partial charge on any atom is 0.342 e. The minimum atomic E-state index is -0.275. The highest BCUT2D eigenvalue weighted by atomic mass is 16.5. The van der Waals surface area contributed by atoms with Crippen LogP contribution in [-0.4, -0.2) is 45.2 Å². The average Bonchev–Trinajstić information content (AvgIpc) is 2.98. The number of esters is 1. The van der Waals surface area contributed by atoms with Gasteiger partial charge >= 0.3 is 5.97 Å². The lowest BCUT2D eigenvalue weighted by atomic mass is 9.97. The first-order valence-electron chi connectivity index (χ1n) is 8.60. The SMILES string of the molecule is COC(=O)c1c2c(c(N(C)C)n3c1cc1ccccc13)CCCN2C. The van der Waals surface area contributed by atoms with E-state index >= 15 is 0 Å². The first-order valence-corrected chi connectivity index (χ1v) is 8.60. The summed E-state index contributed by atoms with van der Waals surface area (Å²) >= 11 is 0. The van der Waals surface area contributed by atoms with Crippen LogP contribution in [0.5, 0.6) is 0 Å². The molecule has 3 heterocycles. The largest absolute Gasteiger partial charge is 0.465 e. The lowest BCUT2D eigenvalue weighted by Gasteiger charge is -2.33. The van der Waals surface area contributed by atoms with E-state index in [0.29, 0.717) is 5.56 Å². The zero-order valence-electron chi connectivity index (χ0n) is 15.2. The summed E-state index contributed by atoms with van der Waals surface area (Å²) in [7, 11) is 7.64. The number of aromatic nitrogens is 1. The fourth-order valence-corrected chi connectivity index (χ4v) is 4.11. The van der Waals surface area contributed by atoms with E-state index in [1.165, 1.54) is 12.7 Å². The summed E-state index contributed by atoms with van der Waals surface area (Å²) in [5.41, 5.74) is 4.92. The number of pyridine rings is 1. The van der Waals surface area contributed by atoms with Crippen LogP contribution in [0.4, 0.5) is 11.5 Å². The van der Waals surface area contributed by atoms with Gasteiger partial charge in [0.2, 0.25) is 0 Å². The van der Waals surface area contributed by atoms with Crippen LogP contribution < -0.4 is 9.80 Å². The van der Waals surface area contributed by atoms with Crippen molar-refractivity contribution in [1.29, 1.82) is 0 Å². The van der Waals surface area contributed by atoms with Crippen molar-refractivity contribution >= 4 is 33.9 Å². The molecule has 0 spiro atoms. The Labute approximate surface area is 147 Å². The number of rotatable bonds is 2. The Morgan fingerprint density at radius 3 is 2.68 bits per heavy atom. The Kier molecular flexibility index (Phi) is 3.60. The molecule has 0 saturated heterocycles. The molecule has 5 nitrogen and oxygen atoms in total. The molecule has 5 heteroatoms. The molecule has 1 aliphatic heterocycles. The average molecular weight is 337 g/mol. The van der Waals surface area contributed by atoms with Crippen molar-refractivity contribution < 1.29 is 9.53 Å². The van der Waals surface area contributed by atoms with Gasteiger partial charge in [0.05, 0.1) is 23.8 Å². The van der Waals surface area contributed by atoms with E-state index in [0.717, 1.165) is 47.3 Å². The molecule has 0 amide bonds. The summed E-state index contributed by atoms with van der Waals surface area (Å²) < 4.78 is 7.37. The summed E-state index contributed by atoms with van der Waals surface area (Å²) in [6.07, 6.45) is 2.04. The van der Waals surface area contributed by atoms with E-state index in [1.807, 2.05) is 12.1 Å². The van der Waals surface area contributed by atoms with Crippen LogP contribution in [0.3, 0.4) is 0 Å². The first-order chi connectivity index (χ1) is 12.0. The van der Waals surface area contributed by atoms with Gasteiger partial charge in [-0.2, -0.15) is 0 Å². The molecule has 0 aliphatic carbocycles. The van der Waals surface area contributed by atoms with Crippen LogP contribution in [0.1, 0.15) is 22.3 Å². The number of para-hydroxylation sites is 1. The number of nitrogens with zero attached hydrogens (tertiary/aromatic N) is 3. The van der Waals surface area contributed by atoms with Crippen molar-refractivity contribution in [3.8, 4) is 0 Å². The molecule has 0 radical (unpaired) electrons. The van der Waals surface area contributed by atoms with Gasteiger partial charge in [-0.3, -0.25) is 4.40 Å². The summed E-state index contributed by atoms with van der Waals surface area (Å²) in [6.45, 7) is 0.945. The summed E-state index contributed by atoms with van der Waals surface area (Å²) in [5.74, 6) is 0.869. The molecule has 0 fully saturated rings. The lowest BCUT2D eigenvalue weighted by molar-refractivity contribution is 0.0603. The van der Waals surface area contributed by atoms with Crippen LogP contribution in [0, 0.1) is 0 Å². The third-order valence-corrected chi connectivity index (χ3v) is 5.09. The Balaban J connectivity index is 2.27. The molecule has 1 aliphatic rings. The second kappa shape index (κ2) is 5.69. The summed E-state index contributed by atoms with van der Waals surface area (Å²) in [6, 6.07) is 10.4. The Morgan fingerprint density at radius 1 is 1.20 bits per heavy atom. The smallest absolute Gasteiger partial charge is 0.342 e. The first kappa shape index (κ1) is 15.8. The standard InChI is InChI=1S/C20H23N3O2/c1-21(2)19-14-9-7-11-22(3)18(14)17(20(24)25-4)16-12-13-8-5-6-10-15(13)23(16)19/h5-6,8,10,12H,7,9,11H2,1-4H3.